The first kappa shape index (κ1) is 18.7. The standard InChI is InChI=1S/C18H30O2/c1-2-3-4-5-6-7-8-9-10-11-12-13-14-15-16-17-18(19)20/h6-7,10-13H,2-5,8-9,14-17H2,1H3,(H,19,20). The van der Waals surface area contributed by atoms with Crippen LogP contribution in [0.2, 0.25) is 0 Å². The van der Waals surface area contributed by atoms with E-state index in [4.69, 9.17) is 5.11 Å². The molecule has 0 atom stereocenters. The Morgan fingerprint density at radius 3 is 2.05 bits per heavy atom. The van der Waals surface area contributed by atoms with Crippen LogP contribution in [0, 0.1) is 0 Å². The second-order valence-corrected chi connectivity index (χ2v) is 5.04. The van der Waals surface area contributed by atoms with Crippen LogP contribution < -0.4 is 0 Å². The molecule has 114 valence electrons. The second-order valence-electron chi connectivity index (χ2n) is 5.04. The highest BCUT2D eigenvalue weighted by molar-refractivity contribution is 5.66. The van der Waals surface area contributed by atoms with Crippen LogP contribution in [-0.4, -0.2) is 11.1 Å². The van der Waals surface area contributed by atoms with Crippen molar-refractivity contribution in [2.24, 2.45) is 0 Å². The maximum absolute atomic E-state index is 10.3. The average molecular weight is 278 g/mol. The van der Waals surface area contributed by atoms with Crippen LogP contribution in [0.25, 0.3) is 0 Å². The second kappa shape index (κ2) is 15.7. The predicted octanol–water partition coefficient (Wildman–Crippen LogP) is 5.66. The first-order valence-corrected chi connectivity index (χ1v) is 7.95. The summed E-state index contributed by atoms with van der Waals surface area (Å²) < 4.78 is 0. The van der Waals surface area contributed by atoms with E-state index in [1.807, 2.05) is 0 Å². The van der Waals surface area contributed by atoms with Crippen LogP contribution >= 0.6 is 0 Å². The van der Waals surface area contributed by atoms with E-state index in [-0.39, 0.29) is 6.42 Å². The van der Waals surface area contributed by atoms with E-state index in [1.54, 1.807) is 0 Å². The quantitative estimate of drug-likeness (QED) is 0.268. The predicted molar refractivity (Wildman–Crippen MR) is 86.9 cm³/mol. The molecule has 0 amide bonds. The zero-order chi connectivity index (χ0) is 14.9. The van der Waals surface area contributed by atoms with Gasteiger partial charge in [0.05, 0.1) is 0 Å². The van der Waals surface area contributed by atoms with Crippen molar-refractivity contribution >= 4 is 5.97 Å². The minimum Gasteiger partial charge on any atom is -0.481 e. The summed E-state index contributed by atoms with van der Waals surface area (Å²) in [4.78, 5) is 10.3. The molecule has 0 aromatic rings. The third-order valence-corrected chi connectivity index (χ3v) is 3.04. The normalized spacial score (nSPS) is 12.1. The van der Waals surface area contributed by atoms with E-state index < -0.39 is 5.97 Å². The third-order valence-electron chi connectivity index (χ3n) is 3.04. The zero-order valence-corrected chi connectivity index (χ0v) is 12.9. The molecule has 2 heteroatoms. The number of unbranched alkanes of at least 4 members (excludes halogenated alkanes) is 6. The number of carboxylic acid groups (broad SMARTS) is 1. The fraction of sp³-hybridized carbons (Fsp3) is 0.611. The molecule has 0 aliphatic rings. The van der Waals surface area contributed by atoms with Gasteiger partial charge in [0.2, 0.25) is 0 Å². The summed E-state index contributed by atoms with van der Waals surface area (Å²) in [7, 11) is 0. The highest BCUT2D eigenvalue weighted by atomic mass is 16.4. The van der Waals surface area contributed by atoms with E-state index in [9.17, 15) is 4.79 Å². The molecule has 0 saturated carbocycles. The zero-order valence-electron chi connectivity index (χ0n) is 12.9. The Bertz CT molecular complexity index is 301. The van der Waals surface area contributed by atoms with Crippen molar-refractivity contribution in [2.45, 2.75) is 71.1 Å². The molecule has 0 unspecified atom stereocenters. The summed E-state index contributed by atoms with van der Waals surface area (Å²) in [6, 6.07) is 0. The smallest absolute Gasteiger partial charge is 0.303 e. The first-order chi connectivity index (χ1) is 9.77. The molecule has 2 nitrogen and oxygen atoms in total. The van der Waals surface area contributed by atoms with Crippen molar-refractivity contribution in [3.8, 4) is 0 Å². The lowest BCUT2D eigenvalue weighted by atomic mass is 10.2. The molecular weight excluding hydrogens is 248 g/mol. The van der Waals surface area contributed by atoms with Gasteiger partial charge in [0.15, 0.2) is 0 Å². The summed E-state index contributed by atoms with van der Waals surface area (Å²) in [6.07, 6.45) is 23.4. The van der Waals surface area contributed by atoms with Crippen LogP contribution in [0.5, 0.6) is 0 Å². The van der Waals surface area contributed by atoms with E-state index >= 15 is 0 Å². The SMILES string of the molecule is CCCCCC=CCCC=CC=CCCCCC(=O)O. The van der Waals surface area contributed by atoms with Gasteiger partial charge in [-0.05, 0) is 44.9 Å². The number of aliphatic carboxylic acids is 1. The van der Waals surface area contributed by atoms with Gasteiger partial charge < -0.3 is 5.11 Å². The van der Waals surface area contributed by atoms with Gasteiger partial charge in [0.1, 0.15) is 0 Å². The molecule has 0 saturated heterocycles. The molecule has 1 N–H and O–H groups in total. The highest BCUT2D eigenvalue weighted by Crippen LogP contribution is 2.02. The number of hydrogen-bond donors (Lipinski definition) is 1. The molecular formula is C18H30O2. The van der Waals surface area contributed by atoms with Crippen molar-refractivity contribution in [1.29, 1.82) is 0 Å². The van der Waals surface area contributed by atoms with Crippen molar-refractivity contribution in [2.75, 3.05) is 0 Å². The maximum atomic E-state index is 10.3. The Morgan fingerprint density at radius 1 is 0.800 bits per heavy atom. The van der Waals surface area contributed by atoms with Crippen molar-refractivity contribution in [1.82, 2.24) is 0 Å². The highest BCUT2D eigenvalue weighted by Gasteiger charge is 1.93. The molecule has 0 fully saturated rings. The summed E-state index contributed by atoms with van der Waals surface area (Å²) in [5.74, 6) is -0.698. The molecule has 0 aliphatic carbocycles. The van der Waals surface area contributed by atoms with Gasteiger partial charge in [-0.15, -0.1) is 0 Å². The van der Waals surface area contributed by atoms with Crippen LogP contribution in [0.3, 0.4) is 0 Å². The number of rotatable bonds is 13. The van der Waals surface area contributed by atoms with Gasteiger partial charge in [-0.25, -0.2) is 0 Å². The summed E-state index contributed by atoms with van der Waals surface area (Å²) in [5.41, 5.74) is 0. The molecule has 0 bridgehead atoms. The van der Waals surface area contributed by atoms with Crippen molar-refractivity contribution in [3.05, 3.63) is 36.5 Å². The number of carboxylic acids is 1. The van der Waals surface area contributed by atoms with Gasteiger partial charge in [-0.1, -0.05) is 56.2 Å². The maximum Gasteiger partial charge on any atom is 0.303 e. The Hall–Kier alpha value is -1.31. The van der Waals surface area contributed by atoms with E-state index in [1.165, 1.54) is 25.7 Å². The Labute approximate surface area is 124 Å². The van der Waals surface area contributed by atoms with Crippen molar-refractivity contribution in [3.63, 3.8) is 0 Å². The molecule has 0 aromatic heterocycles. The molecule has 0 aromatic carbocycles. The van der Waals surface area contributed by atoms with E-state index in [2.05, 4.69) is 43.4 Å². The Balaban J connectivity index is 3.32. The molecule has 0 spiro atoms. The minimum absolute atomic E-state index is 0.286. The summed E-state index contributed by atoms with van der Waals surface area (Å²) in [5, 5.41) is 8.48. The third kappa shape index (κ3) is 16.7. The summed E-state index contributed by atoms with van der Waals surface area (Å²) >= 11 is 0. The molecule has 0 aliphatic heterocycles. The summed E-state index contributed by atoms with van der Waals surface area (Å²) in [6.45, 7) is 2.23. The van der Waals surface area contributed by atoms with Gasteiger partial charge >= 0.3 is 5.97 Å². The van der Waals surface area contributed by atoms with Crippen LogP contribution in [0.4, 0.5) is 0 Å². The Morgan fingerprint density at radius 2 is 1.35 bits per heavy atom. The van der Waals surface area contributed by atoms with Gasteiger partial charge in [-0.2, -0.15) is 0 Å². The number of hydrogen-bond acceptors (Lipinski definition) is 1. The minimum atomic E-state index is -0.698. The average Bonchev–Trinajstić information content (AvgIpc) is 2.43. The fourth-order valence-corrected chi connectivity index (χ4v) is 1.83. The largest absolute Gasteiger partial charge is 0.481 e. The van der Waals surface area contributed by atoms with Crippen LogP contribution in [-0.2, 0) is 4.79 Å². The topological polar surface area (TPSA) is 37.3 Å². The van der Waals surface area contributed by atoms with Crippen LogP contribution in [0.15, 0.2) is 36.5 Å². The van der Waals surface area contributed by atoms with Crippen LogP contribution in [0.1, 0.15) is 71.1 Å². The van der Waals surface area contributed by atoms with Crippen molar-refractivity contribution < 1.29 is 9.90 Å². The number of allylic oxidation sites excluding steroid dienone is 6. The van der Waals surface area contributed by atoms with Gasteiger partial charge in [-0.3, -0.25) is 4.79 Å². The van der Waals surface area contributed by atoms with Gasteiger partial charge in [0, 0.05) is 6.42 Å². The first-order valence-electron chi connectivity index (χ1n) is 7.95. The molecule has 0 radical (unpaired) electrons. The Kier molecular flexibility index (Phi) is 14.7. The number of carbonyl (C=O) groups is 1. The molecule has 20 heavy (non-hydrogen) atoms. The van der Waals surface area contributed by atoms with E-state index in [0.29, 0.717) is 0 Å². The lowest BCUT2D eigenvalue weighted by Gasteiger charge is -1.92. The fourth-order valence-electron chi connectivity index (χ4n) is 1.83. The lowest BCUT2D eigenvalue weighted by Crippen LogP contribution is -1.92. The lowest BCUT2D eigenvalue weighted by molar-refractivity contribution is -0.137. The van der Waals surface area contributed by atoms with Gasteiger partial charge in [0.25, 0.3) is 0 Å². The van der Waals surface area contributed by atoms with E-state index in [0.717, 1.165) is 32.1 Å². The monoisotopic (exact) mass is 278 g/mol. The molecule has 0 rings (SSSR count). The molecule has 0 heterocycles.